The van der Waals surface area contributed by atoms with Crippen molar-refractivity contribution in [3.05, 3.63) is 66.4 Å². The number of hydrogen-bond acceptors (Lipinski definition) is 5. The summed E-state index contributed by atoms with van der Waals surface area (Å²) in [7, 11) is -2.49. The molecule has 2 amide bonds. The molecule has 1 aromatic carbocycles. The summed E-state index contributed by atoms with van der Waals surface area (Å²) in [4.78, 5) is 24.2. The van der Waals surface area contributed by atoms with Gasteiger partial charge in [-0.3, -0.25) is 9.59 Å². The van der Waals surface area contributed by atoms with Crippen molar-refractivity contribution < 1.29 is 23.1 Å². The van der Waals surface area contributed by atoms with E-state index < -0.39 is 28.0 Å². The zero-order chi connectivity index (χ0) is 23.3. The van der Waals surface area contributed by atoms with E-state index in [1.54, 1.807) is 0 Å². The van der Waals surface area contributed by atoms with Crippen LogP contribution in [0, 0.1) is 0 Å². The smallest absolute Gasteiger partial charge is 0.267 e. The van der Waals surface area contributed by atoms with E-state index in [9.17, 15) is 23.1 Å². The molecular weight excluding hydrogens is 432 g/mol. The van der Waals surface area contributed by atoms with Crippen LogP contribution in [0.4, 0.5) is 0 Å². The highest BCUT2D eigenvalue weighted by atomic mass is 32.2. The number of amides is 2. The number of carbonyl (C=O) groups is 2. The van der Waals surface area contributed by atoms with Crippen LogP contribution in [0.25, 0.3) is 0 Å². The van der Waals surface area contributed by atoms with E-state index in [1.807, 2.05) is 30.3 Å². The maximum absolute atomic E-state index is 13.3. The average molecular weight is 461 g/mol. The number of sulfonamides is 1. The predicted molar refractivity (Wildman–Crippen MR) is 119 cm³/mol. The molecule has 3 N–H and O–H groups in total. The maximum Gasteiger partial charge on any atom is 0.267 e. The Morgan fingerprint density at radius 2 is 1.94 bits per heavy atom. The summed E-state index contributed by atoms with van der Waals surface area (Å²) in [5.74, 6) is -0.777. The topological polar surface area (TPSA) is 121 Å². The van der Waals surface area contributed by atoms with E-state index in [-0.39, 0.29) is 36.2 Å². The summed E-state index contributed by atoms with van der Waals surface area (Å²) < 4.78 is 29.1. The second-order valence-corrected chi connectivity index (χ2v) is 9.50. The van der Waals surface area contributed by atoms with Crippen LogP contribution < -0.4 is 10.6 Å². The van der Waals surface area contributed by atoms with Crippen molar-refractivity contribution in [1.29, 1.82) is 0 Å². The molecule has 0 saturated carbocycles. The first-order valence-corrected chi connectivity index (χ1v) is 11.8. The van der Waals surface area contributed by atoms with Crippen LogP contribution in [-0.4, -0.2) is 66.0 Å². The number of rotatable bonds is 9. The minimum atomic E-state index is -4.00. The van der Waals surface area contributed by atoms with Crippen molar-refractivity contribution in [2.45, 2.75) is 30.0 Å². The minimum absolute atomic E-state index is 0.0247. The van der Waals surface area contributed by atoms with Gasteiger partial charge in [-0.1, -0.05) is 36.9 Å². The number of aromatic nitrogens is 1. The lowest BCUT2D eigenvalue weighted by molar-refractivity contribution is -0.117. The summed E-state index contributed by atoms with van der Waals surface area (Å²) in [6, 6.07) is 11.5. The maximum atomic E-state index is 13.3. The van der Waals surface area contributed by atoms with Gasteiger partial charge in [-0.15, -0.1) is 0 Å². The number of aliphatic hydroxyl groups excluding tert-OH is 1. The monoisotopic (exact) mass is 460 g/mol. The van der Waals surface area contributed by atoms with Crippen molar-refractivity contribution in [3.63, 3.8) is 0 Å². The number of hydrogen-bond donors (Lipinski definition) is 3. The van der Waals surface area contributed by atoms with E-state index in [0.29, 0.717) is 13.0 Å². The molecule has 1 fully saturated rings. The van der Waals surface area contributed by atoms with Crippen LogP contribution in [0.1, 0.15) is 22.5 Å². The van der Waals surface area contributed by atoms with Crippen LogP contribution in [0.5, 0.6) is 0 Å². The summed E-state index contributed by atoms with van der Waals surface area (Å²) in [5, 5.41) is 15.1. The second kappa shape index (κ2) is 10.1. The van der Waals surface area contributed by atoms with Gasteiger partial charge in [0.15, 0.2) is 5.03 Å². The summed E-state index contributed by atoms with van der Waals surface area (Å²) in [6.07, 6.45) is 2.06. The van der Waals surface area contributed by atoms with Crippen LogP contribution in [0.2, 0.25) is 0 Å². The van der Waals surface area contributed by atoms with Gasteiger partial charge in [0.1, 0.15) is 5.69 Å². The standard InChI is InChI=1S/C22H28N4O5S/c1-3-20(28)24-17-13-18(15-27)26(14-17)32(30,31)21-10-9-19(25(21)2)22(29)23-12-11-16-7-5-4-6-8-16/h3-10,17-18,27H,1,11-15H2,2H3,(H,23,29)(H,24,28). The first kappa shape index (κ1) is 23.7. The quantitative estimate of drug-likeness (QED) is 0.469. The fourth-order valence-corrected chi connectivity index (χ4v) is 5.71. The summed E-state index contributed by atoms with van der Waals surface area (Å²) in [6.45, 7) is 3.45. The van der Waals surface area contributed by atoms with Crippen LogP contribution in [-0.2, 0) is 28.3 Å². The molecule has 1 aliphatic heterocycles. The first-order valence-electron chi connectivity index (χ1n) is 10.3. The Bertz CT molecular complexity index is 1080. The molecule has 2 atom stereocenters. The largest absolute Gasteiger partial charge is 0.395 e. The molecular formula is C22H28N4O5S. The van der Waals surface area contributed by atoms with Gasteiger partial charge in [0.25, 0.3) is 15.9 Å². The highest BCUT2D eigenvalue weighted by Gasteiger charge is 2.41. The number of nitrogens with one attached hydrogen (secondary N) is 2. The third kappa shape index (κ3) is 5.09. The van der Waals surface area contributed by atoms with E-state index in [2.05, 4.69) is 17.2 Å². The number of nitrogens with zero attached hydrogens (tertiary/aromatic N) is 2. The fraction of sp³-hybridized carbons (Fsp3) is 0.364. The highest BCUT2D eigenvalue weighted by molar-refractivity contribution is 7.89. The van der Waals surface area contributed by atoms with Gasteiger partial charge in [0.2, 0.25) is 5.91 Å². The molecule has 10 heteroatoms. The van der Waals surface area contributed by atoms with E-state index in [1.165, 1.54) is 28.1 Å². The van der Waals surface area contributed by atoms with E-state index in [0.717, 1.165) is 11.6 Å². The first-order chi connectivity index (χ1) is 15.3. The fourth-order valence-electron chi connectivity index (χ4n) is 3.87. The molecule has 2 aromatic rings. The van der Waals surface area contributed by atoms with Crippen LogP contribution in [0.3, 0.4) is 0 Å². The Morgan fingerprint density at radius 3 is 2.59 bits per heavy atom. The third-order valence-electron chi connectivity index (χ3n) is 5.53. The van der Waals surface area contributed by atoms with E-state index in [4.69, 9.17) is 0 Å². The average Bonchev–Trinajstić information content (AvgIpc) is 3.38. The number of carbonyl (C=O) groups excluding carboxylic acids is 2. The molecule has 32 heavy (non-hydrogen) atoms. The molecule has 1 aliphatic rings. The van der Waals surface area contributed by atoms with Crippen molar-refractivity contribution in [3.8, 4) is 0 Å². The lowest BCUT2D eigenvalue weighted by Gasteiger charge is -2.22. The minimum Gasteiger partial charge on any atom is -0.395 e. The Morgan fingerprint density at radius 1 is 1.22 bits per heavy atom. The molecule has 9 nitrogen and oxygen atoms in total. The molecule has 0 spiro atoms. The Hall–Kier alpha value is -2.95. The molecule has 1 aromatic heterocycles. The zero-order valence-electron chi connectivity index (χ0n) is 17.9. The van der Waals surface area contributed by atoms with Gasteiger partial charge < -0.3 is 20.3 Å². The zero-order valence-corrected chi connectivity index (χ0v) is 18.7. The lowest BCUT2D eigenvalue weighted by Crippen LogP contribution is -2.40. The third-order valence-corrected chi connectivity index (χ3v) is 7.53. The SMILES string of the molecule is C=CC(=O)NC1CC(CO)N(S(=O)(=O)c2ccc(C(=O)NCCc3ccccc3)n2C)C1. The van der Waals surface area contributed by atoms with Crippen molar-refractivity contribution in [2.75, 3.05) is 19.7 Å². The van der Waals surface area contributed by atoms with Crippen LogP contribution >= 0.6 is 0 Å². The van der Waals surface area contributed by atoms with Crippen molar-refractivity contribution >= 4 is 21.8 Å². The van der Waals surface area contributed by atoms with Gasteiger partial charge in [-0.05, 0) is 36.6 Å². The second-order valence-electron chi connectivity index (χ2n) is 7.66. The normalized spacial score (nSPS) is 18.9. The Balaban J connectivity index is 1.71. The Labute approximate surface area is 187 Å². The van der Waals surface area contributed by atoms with Gasteiger partial charge in [0.05, 0.1) is 12.6 Å². The molecule has 172 valence electrons. The number of aliphatic hydroxyl groups is 1. The molecule has 3 rings (SSSR count). The summed E-state index contributed by atoms with van der Waals surface area (Å²) in [5.41, 5.74) is 1.30. The summed E-state index contributed by atoms with van der Waals surface area (Å²) >= 11 is 0. The van der Waals surface area contributed by atoms with Gasteiger partial charge >= 0.3 is 0 Å². The number of benzene rings is 1. The van der Waals surface area contributed by atoms with Gasteiger partial charge in [-0.25, -0.2) is 8.42 Å². The molecule has 0 bridgehead atoms. The molecule has 0 aliphatic carbocycles. The molecule has 2 unspecified atom stereocenters. The van der Waals surface area contributed by atoms with Gasteiger partial charge in [-0.2, -0.15) is 4.31 Å². The van der Waals surface area contributed by atoms with Crippen LogP contribution in [0.15, 0.2) is 60.1 Å². The van der Waals surface area contributed by atoms with Gasteiger partial charge in [0, 0.05) is 26.2 Å². The molecule has 0 radical (unpaired) electrons. The lowest BCUT2D eigenvalue weighted by atomic mass is 10.1. The van der Waals surface area contributed by atoms with Crippen molar-refractivity contribution in [2.24, 2.45) is 7.05 Å². The molecule has 1 saturated heterocycles. The van der Waals surface area contributed by atoms with Crippen molar-refractivity contribution in [1.82, 2.24) is 19.5 Å². The van der Waals surface area contributed by atoms with E-state index >= 15 is 0 Å². The highest BCUT2D eigenvalue weighted by Crippen LogP contribution is 2.27. The Kier molecular flexibility index (Phi) is 7.49. The molecule has 2 heterocycles. The predicted octanol–water partition coefficient (Wildman–Crippen LogP) is 0.424.